The number of anilines is 4. The fourth-order valence-corrected chi connectivity index (χ4v) is 5.02. The van der Waals surface area contributed by atoms with Crippen LogP contribution in [0.25, 0.3) is 43.6 Å². The van der Waals surface area contributed by atoms with Crippen LogP contribution in [-0.2, 0) is 13.1 Å². The van der Waals surface area contributed by atoms with Crippen molar-refractivity contribution in [2.24, 2.45) is 0 Å². The molecule has 9 heteroatoms. The quantitative estimate of drug-likeness (QED) is 0.115. The SMILES string of the molecule is Cl.Cl.Nc1ccc2cc3cc(NCc4cccc(CNc5ccc6cc7ccc(N)cc7nc6c5)n4)ccc3nc2c1. The Bertz CT molecular complexity index is 2060. The summed E-state index contributed by atoms with van der Waals surface area (Å²) in [7, 11) is 0. The zero-order valence-corrected chi connectivity index (χ0v) is 24.2. The van der Waals surface area contributed by atoms with Gasteiger partial charge in [-0.25, -0.2) is 9.97 Å². The van der Waals surface area contributed by atoms with Gasteiger partial charge in [0.05, 0.1) is 46.5 Å². The number of hydrogen-bond donors (Lipinski definition) is 4. The van der Waals surface area contributed by atoms with Crippen LogP contribution in [0.2, 0.25) is 0 Å². The van der Waals surface area contributed by atoms with E-state index in [0.29, 0.717) is 18.8 Å². The van der Waals surface area contributed by atoms with E-state index in [1.165, 1.54) is 0 Å². The first-order chi connectivity index (χ1) is 19.6. The molecule has 3 aromatic heterocycles. The average Bonchev–Trinajstić information content (AvgIpc) is 2.97. The van der Waals surface area contributed by atoms with Crippen LogP contribution in [0.4, 0.5) is 22.7 Å². The lowest BCUT2D eigenvalue weighted by atomic mass is 10.1. The van der Waals surface area contributed by atoms with E-state index in [0.717, 1.165) is 72.1 Å². The first-order valence-electron chi connectivity index (χ1n) is 13.2. The molecule has 0 unspecified atom stereocenters. The zero-order chi connectivity index (χ0) is 27.1. The van der Waals surface area contributed by atoms with E-state index >= 15 is 0 Å². The first-order valence-corrected chi connectivity index (χ1v) is 13.2. The minimum atomic E-state index is 0. The summed E-state index contributed by atoms with van der Waals surface area (Å²) in [6.45, 7) is 1.23. The van der Waals surface area contributed by atoms with Crippen molar-refractivity contribution in [2.75, 3.05) is 22.1 Å². The highest BCUT2D eigenvalue weighted by Gasteiger charge is 2.05. The molecule has 0 bridgehead atoms. The van der Waals surface area contributed by atoms with E-state index < -0.39 is 0 Å². The number of benzene rings is 4. The second-order valence-corrected chi connectivity index (χ2v) is 10.0. The minimum absolute atomic E-state index is 0. The number of nitrogens with one attached hydrogen (secondary N) is 2. The lowest BCUT2D eigenvalue weighted by Gasteiger charge is -2.11. The Morgan fingerprint density at radius 3 is 1.60 bits per heavy atom. The van der Waals surface area contributed by atoms with Crippen molar-refractivity contribution in [3.8, 4) is 0 Å². The third-order valence-electron chi connectivity index (χ3n) is 7.08. The number of rotatable bonds is 6. The van der Waals surface area contributed by atoms with E-state index in [4.69, 9.17) is 26.4 Å². The highest BCUT2D eigenvalue weighted by Crippen LogP contribution is 2.26. The maximum atomic E-state index is 5.95. The Balaban J connectivity index is 0.00000176. The maximum Gasteiger partial charge on any atom is 0.0730 e. The molecule has 0 aliphatic carbocycles. The van der Waals surface area contributed by atoms with Crippen LogP contribution in [0, 0.1) is 0 Å². The standard InChI is InChI=1S/C33H27N7.2ClH/c34-24-8-5-21-13-23-14-26(10-11-30(23)39-31(21)15-24)36-18-28-2-1-3-29(38-28)19-37-27-9-6-22-12-20-4-7-25(35)16-32(20)40-33(22)17-27;;/h1-17,36-37H,18-19,34-35H2;2*1H. The summed E-state index contributed by atoms with van der Waals surface area (Å²) in [5, 5.41) is 11.3. The van der Waals surface area contributed by atoms with E-state index in [9.17, 15) is 0 Å². The Hall–Kier alpha value is -4.85. The molecule has 0 spiro atoms. The summed E-state index contributed by atoms with van der Waals surface area (Å²) in [5.74, 6) is 0. The zero-order valence-electron chi connectivity index (χ0n) is 22.5. The van der Waals surface area contributed by atoms with Gasteiger partial charge in [-0.1, -0.05) is 24.3 Å². The average molecular weight is 595 g/mol. The number of nitrogen functional groups attached to an aromatic ring is 2. The second-order valence-electron chi connectivity index (χ2n) is 10.0. The van der Waals surface area contributed by atoms with Crippen LogP contribution in [0.3, 0.4) is 0 Å². The molecule has 0 amide bonds. The van der Waals surface area contributed by atoms with E-state index in [2.05, 4.69) is 47.0 Å². The van der Waals surface area contributed by atoms with Gasteiger partial charge in [-0.3, -0.25) is 4.98 Å². The number of fused-ring (bicyclic) bond motifs is 4. The Morgan fingerprint density at radius 2 is 0.952 bits per heavy atom. The van der Waals surface area contributed by atoms with E-state index in [-0.39, 0.29) is 24.8 Å². The van der Waals surface area contributed by atoms with Crippen LogP contribution >= 0.6 is 24.8 Å². The Morgan fingerprint density at radius 1 is 0.452 bits per heavy atom. The molecule has 0 radical (unpaired) electrons. The second kappa shape index (κ2) is 11.9. The van der Waals surface area contributed by atoms with Crippen LogP contribution in [0.1, 0.15) is 11.4 Å². The van der Waals surface area contributed by atoms with Crippen molar-refractivity contribution in [1.29, 1.82) is 0 Å². The highest BCUT2D eigenvalue weighted by molar-refractivity contribution is 5.96. The minimum Gasteiger partial charge on any atom is -0.399 e. The van der Waals surface area contributed by atoms with Crippen molar-refractivity contribution < 1.29 is 0 Å². The third kappa shape index (κ3) is 5.93. The van der Waals surface area contributed by atoms with Crippen molar-refractivity contribution in [2.45, 2.75) is 13.1 Å². The van der Waals surface area contributed by atoms with Crippen LogP contribution in [0.5, 0.6) is 0 Å². The highest BCUT2D eigenvalue weighted by atomic mass is 35.5. The van der Waals surface area contributed by atoms with Gasteiger partial charge in [0.15, 0.2) is 0 Å². The summed E-state index contributed by atoms with van der Waals surface area (Å²) in [5.41, 5.74) is 20.9. The third-order valence-corrected chi connectivity index (χ3v) is 7.08. The molecule has 3 heterocycles. The Labute approximate surface area is 255 Å². The molecule has 7 nitrogen and oxygen atoms in total. The summed E-state index contributed by atoms with van der Waals surface area (Å²) in [6.07, 6.45) is 0. The predicted octanol–water partition coefficient (Wildman–Crippen LogP) is 7.72. The van der Waals surface area contributed by atoms with Gasteiger partial charge >= 0.3 is 0 Å². The Kier molecular flexibility index (Phi) is 8.15. The van der Waals surface area contributed by atoms with Gasteiger partial charge in [0.2, 0.25) is 0 Å². The van der Waals surface area contributed by atoms with Gasteiger partial charge in [-0.05, 0) is 78.9 Å². The molecule has 0 aliphatic heterocycles. The predicted molar refractivity (Wildman–Crippen MR) is 181 cm³/mol. The largest absolute Gasteiger partial charge is 0.399 e. The fourth-order valence-electron chi connectivity index (χ4n) is 5.02. The molecule has 4 aromatic carbocycles. The molecule has 0 saturated heterocycles. The molecular weight excluding hydrogens is 565 g/mol. The maximum absolute atomic E-state index is 5.95. The van der Waals surface area contributed by atoms with Gasteiger partial charge < -0.3 is 22.1 Å². The number of pyridine rings is 3. The van der Waals surface area contributed by atoms with Gasteiger partial charge in [-0.15, -0.1) is 24.8 Å². The number of hydrogen-bond acceptors (Lipinski definition) is 7. The summed E-state index contributed by atoms with van der Waals surface area (Å²) in [6, 6.07) is 34.5. The number of nitrogens with two attached hydrogens (primary N) is 2. The fraction of sp³-hybridized carbons (Fsp3) is 0.0606. The molecule has 210 valence electrons. The molecule has 0 fully saturated rings. The van der Waals surface area contributed by atoms with Crippen molar-refractivity contribution >= 4 is 91.2 Å². The molecule has 7 rings (SSSR count). The van der Waals surface area contributed by atoms with Crippen molar-refractivity contribution in [1.82, 2.24) is 15.0 Å². The lowest BCUT2D eigenvalue weighted by Crippen LogP contribution is -2.06. The van der Waals surface area contributed by atoms with Crippen LogP contribution < -0.4 is 22.1 Å². The number of halogens is 2. The molecule has 6 N–H and O–H groups in total. The van der Waals surface area contributed by atoms with Gasteiger partial charge in [0.25, 0.3) is 0 Å². The number of aromatic nitrogens is 3. The molecule has 0 saturated carbocycles. The summed E-state index contributed by atoms with van der Waals surface area (Å²) in [4.78, 5) is 14.4. The molecule has 42 heavy (non-hydrogen) atoms. The summed E-state index contributed by atoms with van der Waals surface area (Å²) >= 11 is 0. The summed E-state index contributed by atoms with van der Waals surface area (Å²) < 4.78 is 0. The molecule has 7 aromatic rings. The lowest BCUT2D eigenvalue weighted by molar-refractivity contribution is 0.966. The normalized spacial score (nSPS) is 10.9. The smallest absolute Gasteiger partial charge is 0.0730 e. The molecule has 0 aliphatic rings. The first kappa shape index (κ1) is 28.7. The van der Waals surface area contributed by atoms with Crippen molar-refractivity contribution in [3.05, 3.63) is 115 Å². The van der Waals surface area contributed by atoms with E-state index in [1.807, 2.05) is 66.7 Å². The van der Waals surface area contributed by atoms with E-state index in [1.54, 1.807) is 0 Å². The van der Waals surface area contributed by atoms with Crippen LogP contribution in [0.15, 0.2) is 103 Å². The number of nitrogens with zero attached hydrogens (tertiary/aromatic N) is 3. The topological polar surface area (TPSA) is 115 Å². The van der Waals surface area contributed by atoms with Crippen molar-refractivity contribution in [3.63, 3.8) is 0 Å². The van der Waals surface area contributed by atoms with Gasteiger partial charge in [0.1, 0.15) is 0 Å². The van der Waals surface area contributed by atoms with Gasteiger partial charge in [0, 0.05) is 44.3 Å². The monoisotopic (exact) mass is 593 g/mol. The molecular formula is C33H29Cl2N7. The van der Waals surface area contributed by atoms with Crippen LogP contribution in [-0.4, -0.2) is 15.0 Å². The molecule has 0 atom stereocenters. The van der Waals surface area contributed by atoms with Gasteiger partial charge in [-0.2, -0.15) is 0 Å².